The number of aliphatic hydroxyl groups is 1. The number of ether oxygens (including phenoxy) is 1. The number of rotatable bonds is 4. The summed E-state index contributed by atoms with van der Waals surface area (Å²) in [5.41, 5.74) is 4.26. The van der Waals surface area contributed by atoms with E-state index in [4.69, 9.17) is 11.2 Å². The first kappa shape index (κ1) is 21.5. The van der Waals surface area contributed by atoms with Crippen LogP contribution in [0.2, 0.25) is 0 Å². The molecule has 0 amide bonds. The number of aromatic nitrogens is 1. The van der Waals surface area contributed by atoms with Crippen molar-refractivity contribution >= 4 is 27.5 Å². The summed E-state index contributed by atoms with van der Waals surface area (Å²) in [4.78, 5) is 2.28. The van der Waals surface area contributed by atoms with Crippen LogP contribution in [0, 0.1) is 12.3 Å². The van der Waals surface area contributed by atoms with Gasteiger partial charge < -0.3 is 19.3 Å². The van der Waals surface area contributed by atoms with Gasteiger partial charge in [-0.25, -0.2) is 0 Å². The number of fused-ring (bicyclic) bond motifs is 3. The quantitative estimate of drug-likeness (QED) is 0.362. The van der Waals surface area contributed by atoms with E-state index in [9.17, 15) is 5.11 Å². The molecular formula is C31H26N2O2. The van der Waals surface area contributed by atoms with Crippen LogP contribution in [0.15, 0.2) is 97.1 Å². The first-order valence-electron chi connectivity index (χ1n) is 11.9. The second-order valence-electron chi connectivity index (χ2n) is 8.92. The Kier molecular flexibility index (Phi) is 5.30. The fraction of sp³-hybridized carbons (Fsp3) is 0.161. The molecule has 1 atom stereocenters. The van der Waals surface area contributed by atoms with Crippen molar-refractivity contribution in [1.82, 2.24) is 4.57 Å². The van der Waals surface area contributed by atoms with Gasteiger partial charge in [0.1, 0.15) is 0 Å². The summed E-state index contributed by atoms with van der Waals surface area (Å²) in [7, 11) is 0. The number of nitrogens with zero attached hydrogens (tertiary/aromatic N) is 2. The lowest BCUT2D eigenvalue weighted by Gasteiger charge is -2.30. The van der Waals surface area contributed by atoms with E-state index in [0.717, 1.165) is 48.7 Å². The maximum Gasteiger partial charge on any atom is 0.176 e. The van der Waals surface area contributed by atoms with Gasteiger partial charge in [0, 0.05) is 46.4 Å². The Morgan fingerprint density at radius 2 is 1.17 bits per heavy atom. The van der Waals surface area contributed by atoms with E-state index in [-0.39, 0.29) is 0 Å². The van der Waals surface area contributed by atoms with Gasteiger partial charge in [0.2, 0.25) is 0 Å². The normalized spacial score (nSPS) is 15.7. The monoisotopic (exact) mass is 458 g/mol. The Morgan fingerprint density at radius 3 is 1.69 bits per heavy atom. The summed E-state index contributed by atoms with van der Waals surface area (Å²) in [5, 5.41) is 14.0. The number of para-hydroxylation sites is 2. The fourth-order valence-corrected chi connectivity index (χ4v) is 5.12. The molecule has 5 aromatic rings. The van der Waals surface area contributed by atoms with Gasteiger partial charge in [-0.3, -0.25) is 0 Å². The summed E-state index contributed by atoms with van der Waals surface area (Å²) >= 11 is 0. The van der Waals surface area contributed by atoms with Gasteiger partial charge in [-0.2, -0.15) is 0 Å². The lowest BCUT2D eigenvalue weighted by Crippen LogP contribution is -2.36. The SMILES string of the molecule is C#CC(O)(c1ccc(N2CCOCC2)cc1)c1ccc(-n2c3ccccc3c3ccccc32)cc1. The van der Waals surface area contributed by atoms with E-state index in [1.54, 1.807) is 0 Å². The largest absolute Gasteiger partial charge is 0.378 e. The van der Waals surface area contributed by atoms with Crippen LogP contribution in [0.1, 0.15) is 11.1 Å². The zero-order chi connectivity index (χ0) is 23.8. The molecule has 2 heterocycles. The third-order valence-electron chi connectivity index (χ3n) is 6.99. The van der Waals surface area contributed by atoms with Gasteiger partial charge >= 0.3 is 0 Å². The number of hydrogen-bond donors (Lipinski definition) is 1. The molecule has 4 heteroatoms. The van der Waals surface area contributed by atoms with Gasteiger partial charge in [-0.05, 0) is 36.4 Å². The Labute approximate surface area is 205 Å². The van der Waals surface area contributed by atoms with E-state index in [2.05, 4.69) is 63.9 Å². The number of benzene rings is 4. The summed E-state index contributed by atoms with van der Waals surface area (Å²) in [6.07, 6.45) is 5.90. The molecule has 1 saturated heterocycles. The Hall–Kier alpha value is -4.04. The first-order chi connectivity index (χ1) is 17.2. The van der Waals surface area contributed by atoms with E-state index >= 15 is 0 Å². The number of terminal acetylenes is 1. The van der Waals surface area contributed by atoms with Gasteiger partial charge in [-0.1, -0.05) is 66.6 Å². The lowest BCUT2D eigenvalue weighted by molar-refractivity contribution is 0.122. The topological polar surface area (TPSA) is 37.6 Å². The zero-order valence-corrected chi connectivity index (χ0v) is 19.4. The molecule has 0 radical (unpaired) electrons. The highest BCUT2D eigenvalue weighted by Crippen LogP contribution is 2.34. The summed E-state index contributed by atoms with van der Waals surface area (Å²) in [6.45, 7) is 3.19. The third-order valence-corrected chi connectivity index (χ3v) is 6.99. The molecule has 172 valence electrons. The van der Waals surface area contributed by atoms with Crippen molar-refractivity contribution in [3.8, 4) is 18.0 Å². The zero-order valence-electron chi connectivity index (χ0n) is 19.4. The van der Waals surface area contributed by atoms with Crippen molar-refractivity contribution in [3.63, 3.8) is 0 Å². The Balaban J connectivity index is 1.37. The minimum absolute atomic E-state index is 0.670. The molecule has 1 unspecified atom stereocenters. The van der Waals surface area contributed by atoms with Crippen LogP contribution in [0.4, 0.5) is 5.69 Å². The second kappa shape index (κ2) is 8.63. The molecule has 1 fully saturated rings. The van der Waals surface area contributed by atoms with Gasteiger partial charge in [0.25, 0.3) is 0 Å². The predicted octanol–water partition coefficient (Wildman–Crippen LogP) is 5.49. The van der Waals surface area contributed by atoms with Gasteiger partial charge in [-0.15, -0.1) is 6.42 Å². The van der Waals surface area contributed by atoms with Crippen LogP contribution in [-0.2, 0) is 10.3 Å². The summed E-state index contributed by atoms with van der Waals surface area (Å²) in [6, 6.07) is 32.6. The van der Waals surface area contributed by atoms with Crippen LogP contribution in [0.25, 0.3) is 27.5 Å². The van der Waals surface area contributed by atoms with E-state index in [1.165, 1.54) is 10.8 Å². The smallest absolute Gasteiger partial charge is 0.176 e. The van der Waals surface area contributed by atoms with Crippen molar-refractivity contribution in [1.29, 1.82) is 0 Å². The average molecular weight is 459 g/mol. The highest BCUT2D eigenvalue weighted by atomic mass is 16.5. The number of anilines is 1. The van der Waals surface area contributed by atoms with Gasteiger partial charge in [0.05, 0.1) is 24.2 Å². The van der Waals surface area contributed by atoms with Gasteiger partial charge in [0.15, 0.2) is 5.60 Å². The molecule has 0 saturated carbocycles. The molecule has 4 nitrogen and oxygen atoms in total. The van der Waals surface area contributed by atoms with Crippen LogP contribution >= 0.6 is 0 Å². The van der Waals surface area contributed by atoms with E-state index in [1.807, 2.05) is 48.5 Å². The van der Waals surface area contributed by atoms with Crippen molar-refractivity contribution in [2.24, 2.45) is 0 Å². The molecule has 35 heavy (non-hydrogen) atoms. The van der Waals surface area contributed by atoms with Crippen molar-refractivity contribution in [3.05, 3.63) is 108 Å². The highest BCUT2D eigenvalue weighted by molar-refractivity contribution is 6.09. The molecular weight excluding hydrogens is 432 g/mol. The molecule has 1 aliphatic heterocycles. The number of hydrogen-bond acceptors (Lipinski definition) is 3. The highest BCUT2D eigenvalue weighted by Gasteiger charge is 2.29. The maximum absolute atomic E-state index is 11.6. The second-order valence-corrected chi connectivity index (χ2v) is 8.92. The summed E-state index contributed by atoms with van der Waals surface area (Å²) < 4.78 is 7.70. The van der Waals surface area contributed by atoms with Crippen LogP contribution in [-0.4, -0.2) is 36.0 Å². The van der Waals surface area contributed by atoms with Crippen molar-refractivity contribution in [2.75, 3.05) is 31.2 Å². The minimum Gasteiger partial charge on any atom is -0.378 e. The maximum atomic E-state index is 11.6. The van der Waals surface area contributed by atoms with E-state index < -0.39 is 5.60 Å². The van der Waals surface area contributed by atoms with Crippen LogP contribution < -0.4 is 4.90 Å². The van der Waals surface area contributed by atoms with Crippen molar-refractivity contribution < 1.29 is 9.84 Å². The molecule has 1 aliphatic rings. The van der Waals surface area contributed by atoms with Crippen molar-refractivity contribution in [2.45, 2.75) is 5.60 Å². The van der Waals surface area contributed by atoms with Crippen LogP contribution in [0.3, 0.4) is 0 Å². The van der Waals surface area contributed by atoms with Crippen LogP contribution in [0.5, 0.6) is 0 Å². The Morgan fingerprint density at radius 1 is 0.686 bits per heavy atom. The third kappa shape index (κ3) is 3.57. The standard InChI is InChI=1S/C31H26N2O2/c1-2-31(34,23-11-15-25(16-12-23)32-19-21-35-22-20-32)24-13-17-26(18-14-24)33-29-9-5-3-7-27(29)28-8-4-6-10-30(28)33/h1,3-18,34H,19-22H2. The molecule has 1 N–H and O–H groups in total. The fourth-order valence-electron chi connectivity index (χ4n) is 5.12. The molecule has 0 aliphatic carbocycles. The molecule has 0 spiro atoms. The first-order valence-corrected chi connectivity index (χ1v) is 11.9. The summed E-state index contributed by atoms with van der Waals surface area (Å²) in [5.74, 6) is 2.64. The predicted molar refractivity (Wildman–Crippen MR) is 142 cm³/mol. The molecule has 0 bridgehead atoms. The number of morpholine rings is 1. The average Bonchev–Trinajstić information content (AvgIpc) is 3.28. The Bertz CT molecular complexity index is 1480. The lowest BCUT2D eigenvalue weighted by atomic mass is 9.87. The molecule has 6 rings (SSSR count). The minimum atomic E-state index is -1.51. The molecule has 1 aromatic heterocycles. The molecule has 4 aromatic carbocycles. The van der Waals surface area contributed by atoms with E-state index in [0.29, 0.717) is 11.1 Å².